The number of nitrogens with two attached hydrogens (primary N) is 2. The molecule has 2 aromatic carbocycles. The zero-order valence-electron chi connectivity index (χ0n) is 11.7. The zero-order chi connectivity index (χ0) is 14.7. The molecule has 0 fully saturated rings. The molecule has 4 nitrogen and oxygen atoms in total. The van der Waals surface area contributed by atoms with E-state index in [0.29, 0.717) is 16.9 Å². The van der Waals surface area contributed by atoms with E-state index in [2.05, 4.69) is 12.2 Å². The number of carbonyl (C=O) groups excluding carboxylic acids is 1. The van der Waals surface area contributed by atoms with Gasteiger partial charge in [-0.05, 0) is 42.7 Å². The van der Waals surface area contributed by atoms with Crippen molar-refractivity contribution in [3.63, 3.8) is 0 Å². The van der Waals surface area contributed by atoms with E-state index in [1.165, 1.54) is 0 Å². The minimum absolute atomic E-state index is 0.201. The van der Waals surface area contributed by atoms with Crippen LogP contribution >= 0.6 is 0 Å². The first-order chi connectivity index (χ1) is 9.51. The molecule has 2 aromatic rings. The smallest absolute Gasteiger partial charge is 0.255 e. The van der Waals surface area contributed by atoms with Gasteiger partial charge in [0.2, 0.25) is 0 Å². The number of benzene rings is 2. The summed E-state index contributed by atoms with van der Waals surface area (Å²) in [5, 5.41) is 2.95. The number of para-hydroxylation sites is 1. The van der Waals surface area contributed by atoms with Crippen molar-refractivity contribution >= 4 is 23.0 Å². The Morgan fingerprint density at radius 1 is 1.15 bits per heavy atom. The highest BCUT2D eigenvalue weighted by Gasteiger charge is 2.11. The van der Waals surface area contributed by atoms with E-state index < -0.39 is 0 Å². The van der Waals surface area contributed by atoms with E-state index in [-0.39, 0.29) is 5.91 Å². The summed E-state index contributed by atoms with van der Waals surface area (Å²) < 4.78 is 0. The highest BCUT2D eigenvalue weighted by atomic mass is 16.1. The number of anilines is 3. The van der Waals surface area contributed by atoms with Gasteiger partial charge in [0.1, 0.15) is 0 Å². The molecule has 0 spiro atoms. The summed E-state index contributed by atoms with van der Waals surface area (Å²) in [7, 11) is 0. The van der Waals surface area contributed by atoms with Crippen LogP contribution in [0.15, 0.2) is 36.4 Å². The molecular weight excluding hydrogens is 250 g/mol. The number of hydrogen-bond donors (Lipinski definition) is 3. The third-order valence-corrected chi connectivity index (χ3v) is 3.22. The number of nitrogen functional groups attached to an aromatic ring is 2. The number of amides is 1. The molecule has 0 unspecified atom stereocenters. The quantitative estimate of drug-likeness (QED) is 0.749. The maximum Gasteiger partial charge on any atom is 0.255 e. The molecule has 0 aliphatic heterocycles. The standard InChI is InChI=1S/C16H19N3O/c1-3-11-6-4-5-10(2)15(11)19-16(20)12-7-13(17)9-14(18)8-12/h4-9H,3,17-18H2,1-2H3,(H,19,20). The highest BCUT2D eigenvalue weighted by molar-refractivity contribution is 6.06. The van der Waals surface area contributed by atoms with Crippen LogP contribution in [0.5, 0.6) is 0 Å². The first-order valence-electron chi connectivity index (χ1n) is 6.57. The van der Waals surface area contributed by atoms with Gasteiger partial charge in [0.05, 0.1) is 0 Å². The van der Waals surface area contributed by atoms with Crippen LogP contribution in [-0.2, 0) is 6.42 Å². The second-order valence-electron chi connectivity index (χ2n) is 4.81. The van der Waals surface area contributed by atoms with Gasteiger partial charge in [-0.25, -0.2) is 0 Å². The molecule has 2 rings (SSSR count). The fourth-order valence-corrected chi connectivity index (χ4v) is 2.20. The van der Waals surface area contributed by atoms with Gasteiger partial charge >= 0.3 is 0 Å². The molecule has 4 heteroatoms. The Morgan fingerprint density at radius 2 is 1.80 bits per heavy atom. The Labute approximate surface area is 118 Å². The summed E-state index contributed by atoms with van der Waals surface area (Å²) in [4.78, 5) is 12.3. The van der Waals surface area contributed by atoms with Gasteiger partial charge < -0.3 is 16.8 Å². The van der Waals surface area contributed by atoms with Gasteiger partial charge in [-0.15, -0.1) is 0 Å². The van der Waals surface area contributed by atoms with Crippen molar-refractivity contribution in [1.29, 1.82) is 0 Å². The van der Waals surface area contributed by atoms with Crippen LogP contribution in [0.1, 0.15) is 28.4 Å². The molecule has 104 valence electrons. The Bertz CT molecular complexity index is 630. The van der Waals surface area contributed by atoms with Crippen LogP contribution < -0.4 is 16.8 Å². The lowest BCUT2D eigenvalue weighted by Crippen LogP contribution is -2.15. The number of aryl methyl sites for hydroxylation is 2. The molecule has 0 aliphatic carbocycles. The molecule has 0 saturated heterocycles. The van der Waals surface area contributed by atoms with E-state index >= 15 is 0 Å². The van der Waals surface area contributed by atoms with Gasteiger partial charge in [0, 0.05) is 22.6 Å². The lowest BCUT2D eigenvalue weighted by atomic mass is 10.1. The summed E-state index contributed by atoms with van der Waals surface area (Å²) in [6.07, 6.45) is 0.858. The van der Waals surface area contributed by atoms with E-state index in [4.69, 9.17) is 11.5 Å². The number of nitrogens with one attached hydrogen (secondary N) is 1. The topological polar surface area (TPSA) is 81.1 Å². The first-order valence-corrected chi connectivity index (χ1v) is 6.57. The maximum absolute atomic E-state index is 12.3. The summed E-state index contributed by atoms with van der Waals surface area (Å²) in [5.74, 6) is -0.201. The molecule has 1 amide bonds. The Balaban J connectivity index is 2.32. The van der Waals surface area contributed by atoms with Crippen LogP contribution in [0.25, 0.3) is 0 Å². The third-order valence-electron chi connectivity index (χ3n) is 3.22. The monoisotopic (exact) mass is 269 g/mol. The minimum atomic E-state index is -0.201. The number of rotatable bonds is 3. The molecule has 0 aromatic heterocycles. The molecular formula is C16H19N3O. The van der Waals surface area contributed by atoms with Gasteiger partial charge in [0.25, 0.3) is 5.91 Å². The van der Waals surface area contributed by atoms with Gasteiger partial charge in [-0.2, -0.15) is 0 Å². The zero-order valence-corrected chi connectivity index (χ0v) is 11.7. The molecule has 0 saturated carbocycles. The van der Waals surface area contributed by atoms with Crippen molar-refractivity contribution in [3.8, 4) is 0 Å². The van der Waals surface area contributed by atoms with Gasteiger partial charge in [0.15, 0.2) is 0 Å². The summed E-state index contributed by atoms with van der Waals surface area (Å²) in [6.45, 7) is 4.03. The second-order valence-corrected chi connectivity index (χ2v) is 4.81. The SMILES string of the molecule is CCc1cccc(C)c1NC(=O)c1cc(N)cc(N)c1. The van der Waals surface area contributed by atoms with Crippen molar-refractivity contribution in [2.24, 2.45) is 0 Å². The van der Waals surface area contributed by atoms with E-state index in [1.807, 2.05) is 25.1 Å². The Morgan fingerprint density at radius 3 is 2.40 bits per heavy atom. The molecule has 20 heavy (non-hydrogen) atoms. The Hall–Kier alpha value is -2.49. The molecule has 0 bridgehead atoms. The summed E-state index contributed by atoms with van der Waals surface area (Å²) in [6, 6.07) is 10.8. The lowest BCUT2D eigenvalue weighted by molar-refractivity contribution is 0.102. The summed E-state index contributed by atoms with van der Waals surface area (Å²) >= 11 is 0. The van der Waals surface area contributed by atoms with Crippen LogP contribution in [0.4, 0.5) is 17.1 Å². The second kappa shape index (κ2) is 5.65. The predicted octanol–water partition coefficient (Wildman–Crippen LogP) is 2.97. The highest BCUT2D eigenvalue weighted by Crippen LogP contribution is 2.22. The van der Waals surface area contributed by atoms with Crippen molar-refractivity contribution in [2.75, 3.05) is 16.8 Å². The summed E-state index contributed by atoms with van der Waals surface area (Å²) in [5.41, 5.74) is 15.9. The van der Waals surface area contributed by atoms with Gasteiger partial charge in [-0.1, -0.05) is 25.1 Å². The van der Waals surface area contributed by atoms with Crippen LogP contribution in [0.3, 0.4) is 0 Å². The average Bonchev–Trinajstić information content (AvgIpc) is 2.39. The van der Waals surface area contributed by atoms with Crippen molar-refractivity contribution in [2.45, 2.75) is 20.3 Å². The van der Waals surface area contributed by atoms with Crippen molar-refractivity contribution in [3.05, 3.63) is 53.1 Å². The van der Waals surface area contributed by atoms with Crippen LogP contribution in [-0.4, -0.2) is 5.91 Å². The molecule has 0 aliphatic rings. The molecule has 0 radical (unpaired) electrons. The molecule has 5 N–H and O–H groups in total. The van der Waals surface area contributed by atoms with E-state index in [0.717, 1.165) is 23.2 Å². The first kappa shape index (κ1) is 13.9. The fourth-order valence-electron chi connectivity index (χ4n) is 2.20. The normalized spacial score (nSPS) is 10.3. The Kier molecular flexibility index (Phi) is 3.94. The average molecular weight is 269 g/mol. The lowest BCUT2D eigenvalue weighted by Gasteiger charge is -2.13. The maximum atomic E-state index is 12.3. The van der Waals surface area contributed by atoms with Gasteiger partial charge in [-0.3, -0.25) is 4.79 Å². The number of hydrogen-bond acceptors (Lipinski definition) is 3. The largest absolute Gasteiger partial charge is 0.399 e. The molecule has 0 atom stereocenters. The van der Waals surface area contributed by atoms with Crippen molar-refractivity contribution < 1.29 is 4.79 Å². The minimum Gasteiger partial charge on any atom is -0.399 e. The third kappa shape index (κ3) is 2.91. The van der Waals surface area contributed by atoms with Crippen molar-refractivity contribution in [1.82, 2.24) is 0 Å². The molecule has 0 heterocycles. The van der Waals surface area contributed by atoms with E-state index in [1.54, 1.807) is 18.2 Å². The van der Waals surface area contributed by atoms with Crippen LogP contribution in [0.2, 0.25) is 0 Å². The van der Waals surface area contributed by atoms with E-state index in [9.17, 15) is 4.79 Å². The number of carbonyl (C=O) groups is 1. The van der Waals surface area contributed by atoms with Crippen LogP contribution in [0, 0.1) is 6.92 Å². The fraction of sp³-hybridized carbons (Fsp3) is 0.188. The predicted molar refractivity (Wildman–Crippen MR) is 83.8 cm³/mol.